The molecule has 5 nitrogen and oxygen atoms in total. The lowest BCUT2D eigenvalue weighted by Crippen LogP contribution is -2.33. The largest absolute Gasteiger partial charge is 0.370 e. The zero-order chi connectivity index (χ0) is 22.0. The Morgan fingerprint density at radius 1 is 1.10 bits per heavy atom. The van der Waals surface area contributed by atoms with Crippen LogP contribution in [0.2, 0.25) is 0 Å². The fourth-order valence-corrected chi connectivity index (χ4v) is 4.45. The summed E-state index contributed by atoms with van der Waals surface area (Å²) >= 11 is 1.44. The van der Waals surface area contributed by atoms with Crippen molar-refractivity contribution in [3.63, 3.8) is 0 Å². The second-order valence-corrected chi connectivity index (χ2v) is 9.54. The fraction of sp³-hybridized carbons (Fsp3) is 0.320. The maximum atomic E-state index is 12.6. The molecule has 2 heterocycles. The number of carbonyl (C=O) groups excluding carboxylic acids is 1. The highest BCUT2D eigenvalue weighted by molar-refractivity contribution is 8.00. The van der Waals surface area contributed by atoms with Crippen LogP contribution in [0.1, 0.15) is 36.2 Å². The number of amides is 1. The number of rotatable bonds is 5. The molecule has 1 aliphatic rings. The molecule has 0 bridgehead atoms. The summed E-state index contributed by atoms with van der Waals surface area (Å²) in [5, 5.41) is 3.78. The van der Waals surface area contributed by atoms with Crippen molar-refractivity contribution in [2.24, 2.45) is 0 Å². The molecule has 6 heteroatoms. The molecule has 0 fully saturated rings. The van der Waals surface area contributed by atoms with E-state index in [2.05, 4.69) is 38.2 Å². The standard InChI is InChI=1S/C25H27N3O2S/c1-16-7-5-9-18(11-16)23-27-21-13-25(3,4)30-14-20(21)24(28-23)31-15-22(29)26-19-10-6-8-17(2)12-19/h5-12H,13-15H2,1-4H3,(H,26,29). The Balaban J connectivity index is 1.60. The van der Waals surface area contributed by atoms with Gasteiger partial charge in [-0.3, -0.25) is 4.79 Å². The van der Waals surface area contributed by atoms with E-state index >= 15 is 0 Å². The summed E-state index contributed by atoms with van der Waals surface area (Å²) in [4.78, 5) is 22.3. The zero-order valence-electron chi connectivity index (χ0n) is 18.4. The van der Waals surface area contributed by atoms with E-state index in [1.807, 2.05) is 43.3 Å². The molecular formula is C25H27N3O2S. The van der Waals surface area contributed by atoms with Crippen molar-refractivity contribution in [3.8, 4) is 11.4 Å². The van der Waals surface area contributed by atoms with Crippen LogP contribution in [0, 0.1) is 13.8 Å². The Hall–Kier alpha value is -2.70. The maximum Gasteiger partial charge on any atom is 0.234 e. The van der Waals surface area contributed by atoms with E-state index in [1.54, 1.807) is 0 Å². The van der Waals surface area contributed by atoms with Gasteiger partial charge >= 0.3 is 0 Å². The maximum absolute atomic E-state index is 12.6. The minimum absolute atomic E-state index is 0.0582. The molecule has 160 valence electrons. The molecule has 0 saturated heterocycles. The highest BCUT2D eigenvalue weighted by atomic mass is 32.2. The molecule has 1 N–H and O–H groups in total. The number of fused-ring (bicyclic) bond motifs is 1. The minimum Gasteiger partial charge on any atom is -0.370 e. The van der Waals surface area contributed by atoms with Gasteiger partial charge in [0.25, 0.3) is 0 Å². The summed E-state index contributed by atoms with van der Waals surface area (Å²) in [5.41, 5.74) is 5.79. The number of ether oxygens (including phenoxy) is 1. The summed E-state index contributed by atoms with van der Waals surface area (Å²) in [7, 11) is 0. The van der Waals surface area contributed by atoms with E-state index in [1.165, 1.54) is 11.8 Å². The summed E-state index contributed by atoms with van der Waals surface area (Å²) in [5.74, 6) is 0.910. The van der Waals surface area contributed by atoms with Gasteiger partial charge in [0.1, 0.15) is 5.03 Å². The first-order valence-corrected chi connectivity index (χ1v) is 11.4. The monoisotopic (exact) mass is 433 g/mol. The number of nitrogens with one attached hydrogen (secondary N) is 1. The van der Waals surface area contributed by atoms with Crippen LogP contribution in [0.25, 0.3) is 11.4 Å². The van der Waals surface area contributed by atoms with Crippen molar-refractivity contribution in [1.82, 2.24) is 9.97 Å². The van der Waals surface area contributed by atoms with Crippen LogP contribution >= 0.6 is 11.8 Å². The number of carbonyl (C=O) groups is 1. The second-order valence-electron chi connectivity index (χ2n) is 8.58. The molecule has 4 rings (SSSR count). The Kier molecular flexibility index (Phi) is 6.12. The van der Waals surface area contributed by atoms with Crippen molar-refractivity contribution in [2.75, 3.05) is 11.1 Å². The molecular weight excluding hydrogens is 406 g/mol. The van der Waals surface area contributed by atoms with Gasteiger partial charge in [-0.15, -0.1) is 0 Å². The minimum atomic E-state index is -0.268. The Morgan fingerprint density at radius 3 is 2.58 bits per heavy atom. The normalized spacial score (nSPS) is 14.7. The van der Waals surface area contributed by atoms with E-state index in [4.69, 9.17) is 14.7 Å². The Morgan fingerprint density at radius 2 is 1.84 bits per heavy atom. The molecule has 0 radical (unpaired) electrons. The van der Waals surface area contributed by atoms with Gasteiger partial charge in [0, 0.05) is 23.2 Å². The molecule has 3 aromatic rings. The van der Waals surface area contributed by atoms with Crippen LogP contribution < -0.4 is 5.32 Å². The lowest BCUT2D eigenvalue weighted by atomic mass is 9.96. The van der Waals surface area contributed by atoms with Crippen LogP contribution in [-0.4, -0.2) is 27.2 Å². The van der Waals surface area contributed by atoms with Crippen molar-refractivity contribution < 1.29 is 9.53 Å². The highest BCUT2D eigenvalue weighted by Crippen LogP contribution is 2.34. The lowest BCUT2D eigenvalue weighted by Gasteiger charge is -2.32. The number of nitrogens with zero attached hydrogens (tertiary/aromatic N) is 2. The number of hydrogen-bond donors (Lipinski definition) is 1. The smallest absolute Gasteiger partial charge is 0.234 e. The first-order valence-electron chi connectivity index (χ1n) is 10.4. The predicted molar refractivity (Wildman–Crippen MR) is 125 cm³/mol. The quantitative estimate of drug-likeness (QED) is 0.434. The molecule has 0 saturated carbocycles. The highest BCUT2D eigenvalue weighted by Gasteiger charge is 2.30. The number of aryl methyl sites for hydroxylation is 2. The molecule has 1 amide bonds. The zero-order valence-corrected chi connectivity index (χ0v) is 19.2. The second kappa shape index (κ2) is 8.81. The third kappa shape index (κ3) is 5.32. The van der Waals surface area contributed by atoms with Gasteiger partial charge in [0.15, 0.2) is 5.82 Å². The third-order valence-electron chi connectivity index (χ3n) is 5.17. The molecule has 0 aliphatic carbocycles. The Labute approximate surface area is 187 Å². The van der Waals surface area contributed by atoms with Crippen LogP contribution in [0.3, 0.4) is 0 Å². The number of hydrogen-bond acceptors (Lipinski definition) is 5. The number of anilines is 1. The van der Waals surface area contributed by atoms with E-state index in [9.17, 15) is 4.79 Å². The molecule has 31 heavy (non-hydrogen) atoms. The van der Waals surface area contributed by atoms with Gasteiger partial charge in [-0.2, -0.15) is 0 Å². The average Bonchev–Trinajstić information content (AvgIpc) is 2.71. The predicted octanol–water partition coefficient (Wildman–Crippen LogP) is 5.34. The fourth-order valence-electron chi connectivity index (χ4n) is 3.61. The summed E-state index contributed by atoms with van der Waals surface area (Å²) in [6.07, 6.45) is 0.715. The van der Waals surface area contributed by atoms with Gasteiger partial charge in [0.2, 0.25) is 5.91 Å². The molecule has 0 atom stereocenters. The molecule has 1 aliphatic heterocycles. The summed E-state index contributed by atoms with van der Waals surface area (Å²) in [6.45, 7) is 8.67. The van der Waals surface area contributed by atoms with Crippen LogP contribution in [0.4, 0.5) is 5.69 Å². The number of benzene rings is 2. The SMILES string of the molecule is Cc1cccc(NC(=O)CSc2nc(-c3cccc(C)c3)nc3c2COC(C)(C)C3)c1. The number of thioether (sulfide) groups is 1. The number of aromatic nitrogens is 2. The van der Waals surface area contributed by atoms with Crippen molar-refractivity contribution >= 4 is 23.4 Å². The van der Waals surface area contributed by atoms with Gasteiger partial charge in [0.05, 0.1) is 23.7 Å². The summed E-state index contributed by atoms with van der Waals surface area (Å²) in [6, 6.07) is 16.0. The molecule has 1 aromatic heterocycles. The van der Waals surface area contributed by atoms with E-state index in [0.29, 0.717) is 18.9 Å². The van der Waals surface area contributed by atoms with Gasteiger partial charge < -0.3 is 10.1 Å². The van der Waals surface area contributed by atoms with Gasteiger partial charge in [-0.05, 0) is 51.5 Å². The first kappa shape index (κ1) is 21.5. The molecule has 0 unspecified atom stereocenters. The van der Waals surface area contributed by atoms with Crippen molar-refractivity contribution in [1.29, 1.82) is 0 Å². The lowest BCUT2D eigenvalue weighted by molar-refractivity contribution is -0.113. The molecule has 0 spiro atoms. The average molecular weight is 434 g/mol. The van der Waals surface area contributed by atoms with Gasteiger partial charge in [-0.25, -0.2) is 9.97 Å². The topological polar surface area (TPSA) is 64.1 Å². The van der Waals surface area contributed by atoms with E-state index in [-0.39, 0.29) is 17.3 Å². The first-order chi connectivity index (χ1) is 14.8. The Bertz CT molecular complexity index is 1130. The van der Waals surface area contributed by atoms with E-state index in [0.717, 1.165) is 38.7 Å². The van der Waals surface area contributed by atoms with Crippen molar-refractivity contribution in [2.45, 2.75) is 51.3 Å². The van der Waals surface area contributed by atoms with Crippen molar-refractivity contribution in [3.05, 3.63) is 70.9 Å². The van der Waals surface area contributed by atoms with Crippen LogP contribution in [0.15, 0.2) is 53.6 Å². The molecule has 2 aromatic carbocycles. The third-order valence-corrected chi connectivity index (χ3v) is 6.19. The van der Waals surface area contributed by atoms with E-state index < -0.39 is 0 Å². The van der Waals surface area contributed by atoms with Gasteiger partial charge in [-0.1, -0.05) is 47.7 Å². The van der Waals surface area contributed by atoms with Crippen LogP contribution in [0.5, 0.6) is 0 Å². The summed E-state index contributed by atoms with van der Waals surface area (Å²) < 4.78 is 6.02. The van der Waals surface area contributed by atoms with Crippen LogP contribution in [-0.2, 0) is 22.6 Å².